The van der Waals surface area contributed by atoms with Crippen molar-refractivity contribution < 1.29 is 0 Å². The number of fused-ring (bicyclic) bond motifs is 1. The number of aromatic nitrogens is 5. The number of aryl methyl sites for hydroxylation is 2. The molecule has 0 aromatic carbocycles. The molecule has 2 N–H and O–H groups in total. The normalized spacial score (nSPS) is 13.1. The molecule has 0 fully saturated rings. The van der Waals surface area contributed by atoms with Crippen molar-refractivity contribution in [2.75, 3.05) is 5.73 Å². The zero-order valence-corrected chi connectivity index (χ0v) is 26.3. The molecule has 4 aromatic rings. The quantitative estimate of drug-likeness (QED) is 0.120. The zero-order chi connectivity index (χ0) is 30.8. The van der Waals surface area contributed by atoms with Crippen LogP contribution in [-0.2, 0) is 13.5 Å². The third-order valence-electron chi connectivity index (χ3n) is 7.97. The van der Waals surface area contributed by atoms with Crippen molar-refractivity contribution in [2.45, 2.75) is 72.6 Å². The van der Waals surface area contributed by atoms with Gasteiger partial charge in [-0.25, -0.2) is 4.52 Å². The Morgan fingerprint density at radius 3 is 2.53 bits per heavy atom. The summed E-state index contributed by atoms with van der Waals surface area (Å²) in [6, 6.07) is 8.50. The molecule has 0 aliphatic heterocycles. The lowest BCUT2D eigenvalue weighted by Gasteiger charge is -2.19. The van der Waals surface area contributed by atoms with Gasteiger partial charge in [0.2, 0.25) is 0 Å². The second kappa shape index (κ2) is 15.2. The fourth-order valence-electron chi connectivity index (χ4n) is 5.76. The van der Waals surface area contributed by atoms with Gasteiger partial charge >= 0.3 is 0 Å². The summed E-state index contributed by atoms with van der Waals surface area (Å²) in [5.41, 5.74) is 13.4. The Kier molecular flexibility index (Phi) is 11.1. The van der Waals surface area contributed by atoms with E-state index in [4.69, 9.17) is 10.7 Å². The molecule has 7 heteroatoms. The number of pyridine rings is 2. The molecule has 7 nitrogen and oxygen atoms in total. The van der Waals surface area contributed by atoms with Crippen molar-refractivity contribution in [3.05, 3.63) is 90.2 Å². The SMILES string of the molecule is C\C=C/C=C\C(=C\C)CCC(CCCCc1ccc(-c2cc(-c3cnn(C)c3)cn3nc(N)c(C#N)c23)cn1)CC(C)C. The number of anilines is 1. The second-order valence-electron chi connectivity index (χ2n) is 11.8. The van der Waals surface area contributed by atoms with Crippen molar-refractivity contribution >= 4 is 11.3 Å². The van der Waals surface area contributed by atoms with Gasteiger partial charge < -0.3 is 5.73 Å². The van der Waals surface area contributed by atoms with E-state index in [1.165, 1.54) is 31.3 Å². The van der Waals surface area contributed by atoms with Crippen LogP contribution < -0.4 is 5.73 Å². The van der Waals surface area contributed by atoms with Gasteiger partial charge in [-0.3, -0.25) is 9.67 Å². The number of nitrogens with zero attached hydrogens (tertiary/aromatic N) is 6. The number of hydrogen-bond donors (Lipinski definition) is 1. The summed E-state index contributed by atoms with van der Waals surface area (Å²) in [4.78, 5) is 4.82. The summed E-state index contributed by atoms with van der Waals surface area (Å²) in [5, 5.41) is 18.5. The van der Waals surface area contributed by atoms with Crippen LogP contribution >= 0.6 is 0 Å². The van der Waals surface area contributed by atoms with Crippen LogP contribution in [0, 0.1) is 23.2 Å². The molecular formula is C36H45N7. The summed E-state index contributed by atoms with van der Waals surface area (Å²) in [6.07, 6.45) is 26.5. The topological polar surface area (TPSA) is 97.8 Å². The molecule has 0 aliphatic rings. The number of rotatable bonds is 14. The average molecular weight is 576 g/mol. The first-order chi connectivity index (χ1) is 20.8. The van der Waals surface area contributed by atoms with E-state index in [-0.39, 0.29) is 5.82 Å². The van der Waals surface area contributed by atoms with Gasteiger partial charge in [-0.1, -0.05) is 68.7 Å². The number of allylic oxidation sites excluding steroid dienone is 6. The van der Waals surface area contributed by atoms with Crippen molar-refractivity contribution in [3.8, 4) is 28.3 Å². The summed E-state index contributed by atoms with van der Waals surface area (Å²) < 4.78 is 3.47. The van der Waals surface area contributed by atoms with Gasteiger partial charge in [-0.2, -0.15) is 10.4 Å². The van der Waals surface area contributed by atoms with E-state index in [1.54, 1.807) is 9.20 Å². The van der Waals surface area contributed by atoms with Gasteiger partial charge in [0.05, 0.1) is 11.7 Å². The molecule has 0 saturated carbocycles. The first-order valence-electron chi connectivity index (χ1n) is 15.4. The van der Waals surface area contributed by atoms with Gasteiger partial charge in [0, 0.05) is 53.6 Å². The van der Waals surface area contributed by atoms with Crippen LogP contribution in [0.1, 0.15) is 77.5 Å². The van der Waals surface area contributed by atoms with Gasteiger partial charge in [-0.05, 0) is 69.9 Å². The Hall–Kier alpha value is -4.44. The van der Waals surface area contributed by atoms with E-state index < -0.39 is 0 Å². The van der Waals surface area contributed by atoms with E-state index in [0.717, 1.165) is 53.1 Å². The van der Waals surface area contributed by atoms with Crippen LogP contribution in [0.4, 0.5) is 5.82 Å². The highest BCUT2D eigenvalue weighted by Gasteiger charge is 2.18. The molecule has 4 aromatic heterocycles. The first kappa shape index (κ1) is 31.5. The summed E-state index contributed by atoms with van der Waals surface area (Å²) in [5.74, 6) is 1.68. The maximum absolute atomic E-state index is 9.81. The number of hydrogen-bond acceptors (Lipinski definition) is 5. The Bertz CT molecular complexity index is 1620. The van der Waals surface area contributed by atoms with Crippen LogP contribution in [0.25, 0.3) is 27.8 Å². The molecule has 4 heterocycles. The molecule has 224 valence electrons. The minimum atomic E-state index is 0.222. The van der Waals surface area contributed by atoms with Crippen LogP contribution in [0.3, 0.4) is 0 Å². The van der Waals surface area contributed by atoms with Crippen LogP contribution in [0.5, 0.6) is 0 Å². The van der Waals surface area contributed by atoms with Crippen molar-refractivity contribution in [3.63, 3.8) is 0 Å². The molecule has 43 heavy (non-hydrogen) atoms. The summed E-state index contributed by atoms with van der Waals surface area (Å²) in [7, 11) is 1.89. The smallest absolute Gasteiger partial charge is 0.164 e. The minimum Gasteiger partial charge on any atom is -0.381 e. The van der Waals surface area contributed by atoms with Crippen LogP contribution in [-0.4, -0.2) is 24.4 Å². The highest BCUT2D eigenvalue weighted by molar-refractivity contribution is 5.89. The maximum atomic E-state index is 9.81. The summed E-state index contributed by atoms with van der Waals surface area (Å²) >= 11 is 0. The molecule has 0 bridgehead atoms. The van der Waals surface area contributed by atoms with E-state index in [0.29, 0.717) is 17.0 Å². The molecule has 0 aliphatic carbocycles. The van der Waals surface area contributed by atoms with E-state index >= 15 is 0 Å². The lowest BCUT2D eigenvalue weighted by atomic mass is 9.87. The van der Waals surface area contributed by atoms with Crippen molar-refractivity contribution in [1.82, 2.24) is 24.4 Å². The largest absolute Gasteiger partial charge is 0.381 e. The minimum absolute atomic E-state index is 0.222. The number of nitrogen functional groups attached to an aromatic ring is 1. The molecule has 0 radical (unpaired) electrons. The highest BCUT2D eigenvalue weighted by Crippen LogP contribution is 2.33. The predicted octanol–water partition coefficient (Wildman–Crippen LogP) is 8.48. The number of nitrogens with two attached hydrogens (primary N) is 1. The van der Waals surface area contributed by atoms with Crippen LogP contribution in [0.15, 0.2) is 78.9 Å². The van der Waals surface area contributed by atoms with Crippen molar-refractivity contribution in [2.24, 2.45) is 18.9 Å². The monoisotopic (exact) mass is 575 g/mol. The van der Waals surface area contributed by atoms with Crippen LogP contribution in [0.2, 0.25) is 0 Å². The molecule has 0 spiro atoms. The first-order valence-corrected chi connectivity index (χ1v) is 15.4. The third-order valence-corrected chi connectivity index (χ3v) is 7.97. The molecule has 0 amide bonds. The standard InChI is InChI=1S/C36H45N7/c1-6-8-9-12-27(7-2)15-16-28(19-26(3)4)13-10-11-14-32-18-17-29(22-39-32)33-20-30(31-23-40-42(5)24-31)25-43-35(33)34(21-37)36(38)41-43/h6-9,12,17-18,20,22-26,28H,10-11,13-16,19H2,1-5H3,(H2,38,41)/b8-6-,12-9-,27-7-. The average Bonchev–Trinajstić information content (AvgIpc) is 3.58. The fraction of sp³-hybridized carbons (Fsp3) is 0.389. The zero-order valence-electron chi connectivity index (χ0n) is 26.3. The Morgan fingerprint density at radius 2 is 1.88 bits per heavy atom. The van der Waals surface area contributed by atoms with Crippen molar-refractivity contribution in [1.29, 1.82) is 5.26 Å². The maximum Gasteiger partial charge on any atom is 0.164 e. The molecule has 0 saturated heterocycles. The Morgan fingerprint density at radius 1 is 1.05 bits per heavy atom. The predicted molar refractivity (Wildman–Crippen MR) is 177 cm³/mol. The summed E-state index contributed by atoms with van der Waals surface area (Å²) in [6.45, 7) is 8.85. The molecule has 4 rings (SSSR count). The Labute approximate surface area is 256 Å². The Balaban J connectivity index is 1.43. The van der Waals surface area contributed by atoms with Gasteiger partial charge in [0.25, 0.3) is 0 Å². The third kappa shape index (κ3) is 8.32. The van der Waals surface area contributed by atoms with Gasteiger partial charge in [0.15, 0.2) is 5.82 Å². The second-order valence-corrected chi connectivity index (χ2v) is 11.8. The molecule has 1 unspecified atom stereocenters. The van der Waals surface area contributed by atoms with E-state index in [1.807, 2.05) is 38.8 Å². The lowest BCUT2D eigenvalue weighted by molar-refractivity contribution is 0.353. The number of unbranched alkanes of at least 4 members (excludes halogenated alkanes) is 1. The van der Waals surface area contributed by atoms with Gasteiger partial charge in [0.1, 0.15) is 11.6 Å². The van der Waals surface area contributed by atoms with Gasteiger partial charge in [-0.15, -0.1) is 5.10 Å². The van der Waals surface area contributed by atoms with E-state index in [2.05, 4.69) is 85.6 Å². The van der Waals surface area contributed by atoms with E-state index in [9.17, 15) is 5.26 Å². The highest BCUT2D eigenvalue weighted by atomic mass is 15.3. The molecular weight excluding hydrogens is 530 g/mol. The molecule has 1 atom stereocenters. The lowest BCUT2D eigenvalue weighted by Crippen LogP contribution is -2.06. The number of nitriles is 1. The fourth-order valence-corrected chi connectivity index (χ4v) is 5.76.